The molecule has 1 fully saturated rings. The fraction of sp³-hybridized carbons (Fsp3) is 0.333. The number of nitrogens with zero attached hydrogens (tertiary/aromatic N) is 2. The van der Waals surface area contributed by atoms with Crippen LogP contribution >= 0.6 is 15.9 Å². The number of piperidine rings is 1. The number of anilines is 1. The summed E-state index contributed by atoms with van der Waals surface area (Å²) in [4.78, 5) is 22.9. The van der Waals surface area contributed by atoms with Gasteiger partial charge in [0.1, 0.15) is 0 Å². The normalized spacial score (nSPS) is 17.2. The van der Waals surface area contributed by atoms with Gasteiger partial charge in [-0.05, 0) is 43.0 Å². The molecule has 4 rings (SSSR count). The molecule has 0 spiro atoms. The maximum Gasteiger partial charge on any atom is 0.224 e. The van der Waals surface area contributed by atoms with E-state index < -0.39 is 0 Å². The summed E-state index contributed by atoms with van der Waals surface area (Å²) in [5.74, 6) is 1.01. The Labute approximate surface area is 167 Å². The molecule has 0 bridgehead atoms. The number of amides is 1. The van der Waals surface area contributed by atoms with Gasteiger partial charge in [-0.3, -0.25) is 4.79 Å². The fourth-order valence-electron chi connectivity index (χ4n) is 3.62. The van der Waals surface area contributed by atoms with Crippen LogP contribution in [0.4, 0.5) is 5.95 Å². The lowest BCUT2D eigenvalue weighted by Gasteiger charge is -2.31. The third-order valence-electron chi connectivity index (χ3n) is 5.08. The average Bonchev–Trinajstić information content (AvgIpc) is 3.12. The third-order valence-corrected chi connectivity index (χ3v) is 5.57. The minimum atomic E-state index is 0.00877. The zero-order valence-electron chi connectivity index (χ0n) is 15.1. The number of hydrogen-bond donors (Lipinski definition) is 2. The Kier molecular flexibility index (Phi) is 5.43. The number of halogens is 1. The molecule has 3 aromatic rings. The van der Waals surface area contributed by atoms with Crippen molar-refractivity contribution in [2.75, 3.05) is 24.5 Å². The SMILES string of the molecule is O=C(NCCc1ccccc1)[C@@H]1CCCN(c2nc3ccc(Br)cc3[nH]2)C1. The molecule has 27 heavy (non-hydrogen) atoms. The number of fused-ring (bicyclic) bond motifs is 1. The molecule has 1 aliphatic heterocycles. The van der Waals surface area contributed by atoms with Gasteiger partial charge >= 0.3 is 0 Å². The van der Waals surface area contributed by atoms with Crippen LogP contribution in [0, 0.1) is 5.92 Å². The van der Waals surface area contributed by atoms with E-state index in [9.17, 15) is 4.79 Å². The van der Waals surface area contributed by atoms with Crippen molar-refractivity contribution >= 4 is 38.8 Å². The predicted molar refractivity (Wildman–Crippen MR) is 112 cm³/mol. The number of benzene rings is 2. The maximum absolute atomic E-state index is 12.6. The number of aromatic nitrogens is 2. The standard InChI is InChI=1S/C21H23BrN4O/c22-17-8-9-18-19(13-17)25-21(24-18)26-12-4-7-16(14-26)20(27)23-11-10-15-5-2-1-3-6-15/h1-3,5-6,8-9,13,16H,4,7,10-12,14H2,(H,23,27)(H,24,25)/t16-/m1/s1. The van der Waals surface area contributed by atoms with E-state index in [0.29, 0.717) is 13.1 Å². The number of carbonyl (C=O) groups excluding carboxylic acids is 1. The lowest BCUT2D eigenvalue weighted by molar-refractivity contribution is -0.125. The van der Waals surface area contributed by atoms with Crippen LogP contribution in [-0.2, 0) is 11.2 Å². The monoisotopic (exact) mass is 426 g/mol. The van der Waals surface area contributed by atoms with E-state index in [1.165, 1.54) is 5.56 Å². The second-order valence-corrected chi connectivity index (χ2v) is 7.95. The quantitative estimate of drug-likeness (QED) is 0.650. The van der Waals surface area contributed by atoms with Crippen molar-refractivity contribution in [3.05, 3.63) is 58.6 Å². The van der Waals surface area contributed by atoms with Gasteiger partial charge in [0, 0.05) is 24.1 Å². The molecule has 1 aliphatic rings. The van der Waals surface area contributed by atoms with Gasteiger partial charge in [0.15, 0.2) is 0 Å². The van der Waals surface area contributed by atoms with Gasteiger partial charge in [-0.1, -0.05) is 46.3 Å². The van der Waals surface area contributed by atoms with E-state index in [-0.39, 0.29) is 11.8 Å². The van der Waals surface area contributed by atoms with Gasteiger partial charge in [-0.2, -0.15) is 0 Å². The van der Waals surface area contributed by atoms with Crippen molar-refractivity contribution in [2.45, 2.75) is 19.3 Å². The minimum absolute atomic E-state index is 0.00877. The van der Waals surface area contributed by atoms with Crippen molar-refractivity contribution in [2.24, 2.45) is 5.92 Å². The summed E-state index contributed by atoms with van der Waals surface area (Å²) < 4.78 is 1.03. The highest BCUT2D eigenvalue weighted by atomic mass is 79.9. The van der Waals surface area contributed by atoms with Gasteiger partial charge in [-0.25, -0.2) is 4.98 Å². The van der Waals surface area contributed by atoms with Gasteiger partial charge < -0.3 is 15.2 Å². The number of H-pyrrole nitrogens is 1. The smallest absolute Gasteiger partial charge is 0.224 e. The molecule has 0 radical (unpaired) electrons. The van der Waals surface area contributed by atoms with E-state index >= 15 is 0 Å². The van der Waals surface area contributed by atoms with E-state index in [0.717, 1.165) is 47.3 Å². The van der Waals surface area contributed by atoms with Crippen LogP contribution < -0.4 is 10.2 Å². The molecule has 1 saturated heterocycles. The summed E-state index contributed by atoms with van der Waals surface area (Å²) in [5, 5.41) is 3.10. The van der Waals surface area contributed by atoms with E-state index in [4.69, 9.17) is 4.98 Å². The number of nitrogens with one attached hydrogen (secondary N) is 2. The fourth-order valence-corrected chi connectivity index (χ4v) is 3.98. The molecule has 1 atom stereocenters. The van der Waals surface area contributed by atoms with E-state index in [1.807, 2.05) is 36.4 Å². The number of carbonyl (C=O) groups is 1. The van der Waals surface area contributed by atoms with Gasteiger partial charge in [0.05, 0.1) is 17.0 Å². The molecule has 1 aromatic heterocycles. The number of rotatable bonds is 5. The third kappa shape index (κ3) is 4.33. The lowest BCUT2D eigenvalue weighted by Crippen LogP contribution is -2.43. The van der Waals surface area contributed by atoms with E-state index in [2.05, 4.69) is 43.3 Å². The second kappa shape index (κ2) is 8.13. The zero-order valence-corrected chi connectivity index (χ0v) is 16.7. The Bertz CT molecular complexity index is 924. The number of hydrogen-bond acceptors (Lipinski definition) is 3. The summed E-state index contributed by atoms with van der Waals surface area (Å²) in [7, 11) is 0. The van der Waals surface area contributed by atoms with Crippen LogP contribution in [0.5, 0.6) is 0 Å². The molecular formula is C21H23BrN4O. The first-order valence-corrected chi connectivity index (χ1v) is 10.2. The van der Waals surface area contributed by atoms with Crippen molar-refractivity contribution in [3.63, 3.8) is 0 Å². The largest absolute Gasteiger partial charge is 0.355 e. The van der Waals surface area contributed by atoms with Crippen LogP contribution in [0.25, 0.3) is 11.0 Å². The first-order valence-electron chi connectivity index (χ1n) is 9.41. The molecular weight excluding hydrogens is 404 g/mol. The molecule has 0 aliphatic carbocycles. The Balaban J connectivity index is 1.36. The minimum Gasteiger partial charge on any atom is -0.355 e. The predicted octanol–water partition coefficient (Wildman–Crippen LogP) is 3.90. The van der Waals surface area contributed by atoms with Gasteiger partial charge in [-0.15, -0.1) is 0 Å². The highest BCUT2D eigenvalue weighted by Crippen LogP contribution is 2.25. The second-order valence-electron chi connectivity index (χ2n) is 7.03. The molecule has 5 nitrogen and oxygen atoms in total. The van der Waals surface area contributed by atoms with Crippen LogP contribution in [0.3, 0.4) is 0 Å². The summed E-state index contributed by atoms with van der Waals surface area (Å²) >= 11 is 3.49. The molecule has 2 heterocycles. The first-order chi connectivity index (χ1) is 13.2. The lowest BCUT2D eigenvalue weighted by atomic mass is 9.97. The van der Waals surface area contributed by atoms with Crippen LogP contribution in [0.1, 0.15) is 18.4 Å². The van der Waals surface area contributed by atoms with Crippen molar-refractivity contribution < 1.29 is 4.79 Å². The molecule has 6 heteroatoms. The average molecular weight is 427 g/mol. The molecule has 2 aromatic carbocycles. The van der Waals surface area contributed by atoms with Crippen LogP contribution in [0.15, 0.2) is 53.0 Å². The molecule has 0 unspecified atom stereocenters. The van der Waals surface area contributed by atoms with Gasteiger partial charge in [0.2, 0.25) is 11.9 Å². The first kappa shape index (κ1) is 18.0. The summed E-state index contributed by atoms with van der Waals surface area (Å²) in [6.07, 6.45) is 2.79. The van der Waals surface area contributed by atoms with Gasteiger partial charge in [0.25, 0.3) is 0 Å². The Morgan fingerprint density at radius 3 is 2.96 bits per heavy atom. The topological polar surface area (TPSA) is 61.0 Å². The molecule has 140 valence electrons. The Hall–Kier alpha value is -2.34. The Morgan fingerprint density at radius 2 is 2.11 bits per heavy atom. The van der Waals surface area contributed by atoms with Crippen LogP contribution in [0.2, 0.25) is 0 Å². The highest BCUT2D eigenvalue weighted by Gasteiger charge is 2.27. The molecule has 2 N–H and O–H groups in total. The highest BCUT2D eigenvalue weighted by molar-refractivity contribution is 9.10. The number of aromatic amines is 1. The maximum atomic E-state index is 12.6. The van der Waals surface area contributed by atoms with Crippen molar-refractivity contribution in [1.82, 2.24) is 15.3 Å². The molecule has 0 saturated carbocycles. The Morgan fingerprint density at radius 1 is 1.26 bits per heavy atom. The summed E-state index contributed by atoms with van der Waals surface area (Å²) in [6.45, 7) is 2.31. The summed E-state index contributed by atoms with van der Waals surface area (Å²) in [6, 6.07) is 16.3. The van der Waals surface area contributed by atoms with Crippen LogP contribution in [-0.4, -0.2) is 35.5 Å². The molecule has 1 amide bonds. The van der Waals surface area contributed by atoms with Crippen molar-refractivity contribution in [3.8, 4) is 0 Å². The zero-order chi connectivity index (χ0) is 18.6. The summed E-state index contributed by atoms with van der Waals surface area (Å²) in [5.41, 5.74) is 3.20. The van der Waals surface area contributed by atoms with Crippen molar-refractivity contribution in [1.29, 1.82) is 0 Å². The number of imidazole rings is 1. The van der Waals surface area contributed by atoms with E-state index in [1.54, 1.807) is 0 Å².